The van der Waals surface area contributed by atoms with Crippen LogP contribution in [0, 0.1) is 0 Å². The average Bonchev–Trinajstić information content (AvgIpc) is 3.32. The largest absolute Gasteiger partial charge is 0.441 e. The normalized spacial score (nSPS) is 18.3. The van der Waals surface area contributed by atoms with E-state index in [1.807, 2.05) is 41.4 Å². The lowest BCUT2D eigenvalue weighted by molar-refractivity contribution is 0.00331. The van der Waals surface area contributed by atoms with Crippen molar-refractivity contribution >= 4 is 17.6 Å². The summed E-state index contributed by atoms with van der Waals surface area (Å²) in [4.78, 5) is 30.4. The molecule has 1 spiro atoms. The highest BCUT2D eigenvalue weighted by Crippen LogP contribution is 2.30. The Morgan fingerprint density at radius 2 is 1.96 bits per heavy atom. The SMILES string of the molecule is O=C1NCC2(CCN(C(=O)c3ccc(-c4cnn5cccnc45)cc3)CC2)O1. The van der Waals surface area contributed by atoms with Gasteiger partial charge >= 0.3 is 6.09 Å². The standard InChI is InChI=1S/C20H19N5O3/c26-18(24-10-6-20(7-11-24)13-22-19(27)28-20)15-4-2-14(3-5-15)16-12-23-25-9-1-8-21-17(16)25/h1-5,8-9,12H,6-7,10-11,13H2,(H,22,27). The first kappa shape index (κ1) is 16.7. The number of hydrogen-bond acceptors (Lipinski definition) is 5. The summed E-state index contributed by atoms with van der Waals surface area (Å²) in [6, 6.07) is 9.36. The molecule has 2 aromatic heterocycles. The van der Waals surface area contributed by atoms with Gasteiger partial charge in [0.1, 0.15) is 5.60 Å². The third-order valence-electron chi connectivity index (χ3n) is 5.55. The molecule has 5 rings (SSSR count). The lowest BCUT2D eigenvalue weighted by atomic mass is 9.91. The first-order chi connectivity index (χ1) is 13.6. The number of carbonyl (C=O) groups is 2. The Morgan fingerprint density at radius 3 is 2.68 bits per heavy atom. The maximum Gasteiger partial charge on any atom is 0.407 e. The number of nitrogens with one attached hydrogen (secondary N) is 1. The second kappa shape index (κ2) is 6.33. The van der Waals surface area contributed by atoms with Crippen LogP contribution in [-0.4, -0.2) is 56.7 Å². The van der Waals surface area contributed by atoms with Gasteiger partial charge in [-0.15, -0.1) is 0 Å². The molecular formula is C20H19N5O3. The zero-order valence-electron chi connectivity index (χ0n) is 15.2. The molecule has 0 aliphatic carbocycles. The van der Waals surface area contributed by atoms with Gasteiger partial charge in [0, 0.05) is 49.5 Å². The van der Waals surface area contributed by atoms with Gasteiger partial charge in [-0.2, -0.15) is 5.10 Å². The first-order valence-corrected chi connectivity index (χ1v) is 9.29. The van der Waals surface area contributed by atoms with Crippen molar-refractivity contribution in [3.05, 3.63) is 54.5 Å². The second-order valence-corrected chi connectivity index (χ2v) is 7.24. The van der Waals surface area contributed by atoms with Gasteiger partial charge in [0.05, 0.1) is 12.7 Å². The van der Waals surface area contributed by atoms with E-state index in [9.17, 15) is 9.59 Å². The molecule has 2 fully saturated rings. The van der Waals surface area contributed by atoms with E-state index in [1.165, 1.54) is 0 Å². The quantitative estimate of drug-likeness (QED) is 0.739. The van der Waals surface area contributed by atoms with Crippen LogP contribution in [0.1, 0.15) is 23.2 Å². The molecule has 2 saturated heterocycles. The van der Waals surface area contributed by atoms with Crippen molar-refractivity contribution in [3.8, 4) is 11.1 Å². The Balaban J connectivity index is 1.31. The van der Waals surface area contributed by atoms with Crippen LogP contribution in [-0.2, 0) is 4.74 Å². The number of hydrogen-bond donors (Lipinski definition) is 1. The number of rotatable bonds is 2. The van der Waals surface area contributed by atoms with Gasteiger partial charge in [-0.25, -0.2) is 14.3 Å². The van der Waals surface area contributed by atoms with E-state index in [2.05, 4.69) is 15.4 Å². The Kier molecular flexibility index (Phi) is 3.78. The highest BCUT2D eigenvalue weighted by Gasteiger charge is 2.43. The Hall–Kier alpha value is -3.42. The van der Waals surface area contributed by atoms with Crippen LogP contribution < -0.4 is 5.32 Å². The van der Waals surface area contributed by atoms with Crippen molar-refractivity contribution in [2.45, 2.75) is 18.4 Å². The van der Waals surface area contributed by atoms with E-state index in [0.717, 1.165) is 16.8 Å². The van der Waals surface area contributed by atoms with Gasteiger partial charge in [0.15, 0.2) is 5.65 Å². The molecule has 0 radical (unpaired) electrons. The summed E-state index contributed by atoms with van der Waals surface area (Å²) < 4.78 is 7.14. The van der Waals surface area contributed by atoms with Gasteiger partial charge < -0.3 is 15.0 Å². The van der Waals surface area contributed by atoms with Crippen LogP contribution in [0.25, 0.3) is 16.8 Å². The number of alkyl carbamates (subject to hydrolysis) is 1. The predicted octanol–water partition coefficient (Wildman–Crippen LogP) is 2.11. The molecule has 8 heteroatoms. The Morgan fingerprint density at radius 1 is 1.18 bits per heavy atom. The van der Waals surface area contributed by atoms with Crippen LogP contribution in [0.5, 0.6) is 0 Å². The molecule has 0 atom stereocenters. The molecule has 2 aliphatic heterocycles. The minimum absolute atomic E-state index is 0.00308. The Bertz CT molecular complexity index is 1050. The van der Waals surface area contributed by atoms with Gasteiger partial charge in [-0.05, 0) is 23.8 Å². The van der Waals surface area contributed by atoms with Gasteiger partial charge in [-0.3, -0.25) is 4.79 Å². The zero-order valence-corrected chi connectivity index (χ0v) is 15.2. The summed E-state index contributed by atoms with van der Waals surface area (Å²) in [5.41, 5.74) is 2.86. The van der Waals surface area contributed by atoms with Crippen molar-refractivity contribution in [1.29, 1.82) is 0 Å². The van der Waals surface area contributed by atoms with Crippen molar-refractivity contribution in [2.75, 3.05) is 19.6 Å². The van der Waals surface area contributed by atoms with Crippen molar-refractivity contribution < 1.29 is 14.3 Å². The summed E-state index contributed by atoms with van der Waals surface area (Å²) >= 11 is 0. The summed E-state index contributed by atoms with van der Waals surface area (Å²) in [6.45, 7) is 1.68. The van der Waals surface area contributed by atoms with Crippen LogP contribution >= 0.6 is 0 Å². The molecule has 0 saturated carbocycles. The molecular weight excluding hydrogens is 358 g/mol. The number of benzene rings is 1. The minimum Gasteiger partial charge on any atom is -0.441 e. The fourth-order valence-electron chi connectivity index (χ4n) is 3.90. The molecule has 142 valence electrons. The highest BCUT2D eigenvalue weighted by atomic mass is 16.6. The minimum atomic E-state index is -0.450. The van der Waals surface area contributed by atoms with E-state index >= 15 is 0 Å². The van der Waals surface area contributed by atoms with Gasteiger partial charge in [0.25, 0.3) is 5.91 Å². The third kappa shape index (κ3) is 2.77. The number of fused-ring (bicyclic) bond motifs is 1. The Labute approximate surface area is 161 Å². The molecule has 8 nitrogen and oxygen atoms in total. The van der Waals surface area contributed by atoms with Gasteiger partial charge in [-0.1, -0.05) is 12.1 Å². The van der Waals surface area contributed by atoms with Gasteiger partial charge in [0.2, 0.25) is 0 Å². The second-order valence-electron chi connectivity index (χ2n) is 7.24. The monoisotopic (exact) mass is 377 g/mol. The molecule has 3 aromatic rings. The van der Waals surface area contributed by atoms with E-state index in [0.29, 0.717) is 38.0 Å². The lowest BCUT2D eigenvalue weighted by Gasteiger charge is -2.37. The number of aromatic nitrogens is 3. The summed E-state index contributed by atoms with van der Waals surface area (Å²) in [6.07, 6.45) is 6.31. The molecule has 4 heterocycles. The number of likely N-dealkylation sites (tertiary alicyclic amines) is 1. The maximum atomic E-state index is 12.9. The van der Waals surface area contributed by atoms with Crippen molar-refractivity contribution in [2.24, 2.45) is 0 Å². The van der Waals surface area contributed by atoms with Crippen LogP contribution in [0.2, 0.25) is 0 Å². The first-order valence-electron chi connectivity index (χ1n) is 9.29. The molecule has 0 unspecified atom stereocenters. The number of amides is 2. The topological polar surface area (TPSA) is 88.8 Å². The highest BCUT2D eigenvalue weighted by molar-refractivity contribution is 5.95. The summed E-state index contributed by atoms with van der Waals surface area (Å²) in [5.74, 6) is -0.00308. The smallest absolute Gasteiger partial charge is 0.407 e. The molecule has 2 aliphatic rings. The van der Waals surface area contributed by atoms with Crippen LogP contribution in [0.4, 0.5) is 4.79 Å². The average molecular weight is 377 g/mol. The number of ether oxygens (including phenoxy) is 1. The fourth-order valence-corrected chi connectivity index (χ4v) is 3.90. The number of carbonyl (C=O) groups excluding carboxylic acids is 2. The van der Waals surface area contributed by atoms with E-state index < -0.39 is 5.60 Å². The van der Waals surface area contributed by atoms with Crippen LogP contribution in [0.3, 0.4) is 0 Å². The van der Waals surface area contributed by atoms with Crippen LogP contribution in [0.15, 0.2) is 48.9 Å². The number of nitrogens with zero attached hydrogens (tertiary/aromatic N) is 4. The molecule has 2 amide bonds. The molecule has 0 bridgehead atoms. The zero-order chi connectivity index (χ0) is 19.1. The lowest BCUT2D eigenvalue weighted by Crippen LogP contribution is -2.48. The summed E-state index contributed by atoms with van der Waals surface area (Å²) in [5, 5.41) is 7.02. The maximum absolute atomic E-state index is 12.9. The van der Waals surface area contributed by atoms with E-state index in [4.69, 9.17) is 4.74 Å². The molecule has 1 aromatic carbocycles. The molecule has 1 N–H and O–H groups in total. The predicted molar refractivity (Wildman–Crippen MR) is 101 cm³/mol. The van der Waals surface area contributed by atoms with Crippen molar-refractivity contribution in [1.82, 2.24) is 24.8 Å². The fraction of sp³-hybridized carbons (Fsp3) is 0.300. The number of piperidine rings is 1. The van der Waals surface area contributed by atoms with E-state index in [-0.39, 0.29) is 12.0 Å². The third-order valence-corrected chi connectivity index (χ3v) is 5.55. The summed E-state index contributed by atoms with van der Waals surface area (Å²) in [7, 11) is 0. The van der Waals surface area contributed by atoms with Crippen molar-refractivity contribution in [3.63, 3.8) is 0 Å². The van der Waals surface area contributed by atoms with E-state index in [1.54, 1.807) is 16.9 Å². The molecule has 28 heavy (non-hydrogen) atoms.